The number of nitrogens with two attached hydrogens (primary N) is 1. The van der Waals surface area contributed by atoms with Crippen LogP contribution in [0.25, 0.3) is 10.9 Å². The van der Waals surface area contributed by atoms with Crippen molar-refractivity contribution >= 4 is 46.3 Å². The zero-order valence-electron chi connectivity index (χ0n) is 35.5. The number of benzene rings is 1. The van der Waals surface area contributed by atoms with Crippen LogP contribution in [-0.2, 0) is 41.2 Å². The Balaban J connectivity index is 2.28. The number of carbonyl (C=O) groups is 6. The van der Waals surface area contributed by atoms with Crippen LogP contribution in [0.4, 0.5) is 4.39 Å². The van der Waals surface area contributed by atoms with E-state index in [1.807, 2.05) is 66.3 Å². The van der Waals surface area contributed by atoms with Gasteiger partial charge in [0.2, 0.25) is 17.7 Å². The number of ketones is 1. The third-order valence-corrected chi connectivity index (χ3v) is 10.7. The molecule has 0 unspecified atom stereocenters. The standard InChI is InChI=1S/C42H65FN6O8/c1-24(2)33(20-25(3)36(51)46-31(40(56)57)17-16-28(50)21-26(39(54)55)14-12-13-19-44)49(11)38(53)35(41(4,5)6)47-37(52)34(45-9)42(7,8)30-23-48(10)32-18-15-27(43)22-29(30)32/h15,18,20,22-24,26,31,33-35,45H,12-14,16-17,19,21,44H2,1-11H3,(H,46,51)(H,47,52)(H,54,55)(H,56,57)/b25-20+/t26-,31-,33-,34-,35-/m1/s1. The van der Waals surface area contributed by atoms with Crippen molar-refractivity contribution in [3.8, 4) is 0 Å². The maximum Gasteiger partial charge on any atom is 0.326 e. The lowest BCUT2D eigenvalue weighted by molar-refractivity contribution is -0.144. The summed E-state index contributed by atoms with van der Waals surface area (Å²) < 4.78 is 16.3. The van der Waals surface area contributed by atoms with Crippen molar-refractivity contribution < 1.29 is 43.4 Å². The van der Waals surface area contributed by atoms with Crippen LogP contribution in [0.5, 0.6) is 0 Å². The van der Waals surface area contributed by atoms with Crippen LogP contribution >= 0.6 is 0 Å². The minimum Gasteiger partial charge on any atom is -0.481 e. The van der Waals surface area contributed by atoms with Gasteiger partial charge in [-0.1, -0.05) is 61.0 Å². The van der Waals surface area contributed by atoms with E-state index in [0.717, 1.165) is 11.1 Å². The summed E-state index contributed by atoms with van der Waals surface area (Å²) in [4.78, 5) is 79.6. The van der Waals surface area contributed by atoms with E-state index in [-0.39, 0.29) is 37.2 Å². The molecule has 0 fully saturated rings. The molecule has 2 rings (SSSR count). The normalized spacial score (nSPS) is 15.1. The number of amides is 3. The number of aryl methyl sites for hydroxylation is 1. The van der Waals surface area contributed by atoms with Gasteiger partial charge < -0.3 is 41.4 Å². The maximum absolute atomic E-state index is 14.4. The number of carboxylic acid groups (broad SMARTS) is 2. The highest BCUT2D eigenvalue weighted by Crippen LogP contribution is 2.35. The van der Waals surface area contributed by atoms with Gasteiger partial charge in [-0.25, -0.2) is 9.18 Å². The number of rotatable bonds is 22. The number of carboxylic acids is 2. The molecule has 0 bridgehead atoms. The number of hydrogen-bond donors (Lipinski definition) is 6. The van der Waals surface area contributed by atoms with Crippen LogP contribution in [0, 0.1) is 23.1 Å². The molecule has 1 heterocycles. The van der Waals surface area contributed by atoms with Gasteiger partial charge in [0.1, 0.15) is 23.7 Å². The second-order valence-electron chi connectivity index (χ2n) is 17.1. The number of nitrogens with one attached hydrogen (secondary N) is 3. The monoisotopic (exact) mass is 800 g/mol. The SMILES string of the molecule is CN[C@H](C(=O)N[C@H](C(=O)N(C)[C@H](/C=C(\C)C(=O)N[C@H](CCC(=O)C[C@@H](CCCCN)C(=O)O)C(=O)O)C(C)C)C(C)(C)C)C(C)(C)c1cn(C)c2ccc(F)cc12. The smallest absolute Gasteiger partial charge is 0.326 e. The van der Waals surface area contributed by atoms with Crippen molar-refractivity contribution in [1.29, 1.82) is 0 Å². The molecule has 7 N–H and O–H groups in total. The van der Waals surface area contributed by atoms with Crippen LogP contribution in [0.1, 0.15) is 99.5 Å². The molecule has 15 heteroatoms. The largest absolute Gasteiger partial charge is 0.481 e. The molecule has 0 aliphatic rings. The summed E-state index contributed by atoms with van der Waals surface area (Å²) in [5.74, 6) is -5.95. The van der Waals surface area contributed by atoms with Crippen molar-refractivity contribution in [3.05, 3.63) is 47.4 Å². The fourth-order valence-corrected chi connectivity index (χ4v) is 7.22. The predicted octanol–water partition coefficient (Wildman–Crippen LogP) is 4.28. The average molecular weight is 801 g/mol. The molecule has 1 aromatic carbocycles. The highest BCUT2D eigenvalue weighted by atomic mass is 19.1. The zero-order chi connectivity index (χ0) is 43.6. The van der Waals surface area contributed by atoms with E-state index in [1.165, 1.54) is 24.0 Å². The molecule has 0 saturated heterocycles. The third kappa shape index (κ3) is 12.9. The number of halogens is 1. The predicted molar refractivity (Wildman–Crippen MR) is 218 cm³/mol. The quantitative estimate of drug-likeness (QED) is 0.0735. The minimum atomic E-state index is -1.42. The Bertz CT molecular complexity index is 1800. The molecule has 0 aliphatic heterocycles. The molecule has 318 valence electrons. The van der Waals surface area contributed by atoms with Crippen LogP contribution in [-0.4, -0.2) is 99.9 Å². The first-order chi connectivity index (χ1) is 26.4. The van der Waals surface area contributed by atoms with Crippen LogP contribution in [0.3, 0.4) is 0 Å². The minimum absolute atomic E-state index is 0.136. The van der Waals surface area contributed by atoms with Crippen molar-refractivity contribution in [2.24, 2.45) is 30.0 Å². The molecule has 5 atom stereocenters. The highest BCUT2D eigenvalue weighted by Gasteiger charge is 2.42. The summed E-state index contributed by atoms with van der Waals surface area (Å²) in [6, 6.07) is 0.615. The molecule has 57 heavy (non-hydrogen) atoms. The summed E-state index contributed by atoms with van der Waals surface area (Å²) in [6.45, 7) is 14.9. The number of unbranched alkanes of at least 4 members (excludes halogenated alkanes) is 1. The van der Waals surface area contributed by atoms with E-state index < -0.39 is 82.2 Å². The Morgan fingerprint density at radius 2 is 1.60 bits per heavy atom. The molecule has 0 aliphatic carbocycles. The van der Waals surface area contributed by atoms with Crippen molar-refractivity contribution in [1.82, 2.24) is 25.4 Å². The number of carbonyl (C=O) groups excluding carboxylic acids is 4. The van der Waals surface area contributed by atoms with Crippen LogP contribution in [0.2, 0.25) is 0 Å². The fraction of sp³-hybridized carbons (Fsp3) is 0.619. The van der Waals surface area contributed by atoms with Crippen molar-refractivity contribution in [2.75, 3.05) is 20.6 Å². The van der Waals surface area contributed by atoms with Gasteiger partial charge in [0.25, 0.3) is 0 Å². The third-order valence-electron chi connectivity index (χ3n) is 10.7. The Hall–Kier alpha value is -4.63. The van der Waals surface area contributed by atoms with Crippen LogP contribution in [0.15, 0.2) is 36.0 Å². The Kier molecular flexibility index (Phi) is 17.6. The van der Waals surface area contributed by atoms with E-state index >= 15 is 0 Å². The topological polar surface area (TPSA) is 213 Å². The second kappa shape index (κ2) is 20.7. The van der Waals surface area contributed by atoms with Gasteiger partial charge >= 0.3 is 11.9 Å². The molecule has 1 aromatic heterocycles. The highest BCUT2D eigenvalue weighted by molar-refractivity contribution is 5.96. The Morgan fingerprint density at radius 3 is 2.12 bits per heavy atom. The van der Waals surface area contributed by atoms with E-state index in [9.17, 15) is 43.4 Å². The summed E-state index contributed by atoms with van der Waals surface area (Å²) >= 11 is 0. The van der Waals surface area contributed by atoms with Gasteiger partial charge in [0.05, 0.1) is 18.0 Å². The van der Waals surface area contributed by atoms with E-state index in [1.54, 1.807) is 26.2 Å². The number of likely N-dealkylation sites (N-methyl/N-ethyl adjacent to an activating group) is 2. The first kappa shape index (κ1) is 48.5. The van der Waals surface area contributed by atoms with Crippen LogP contribution < -0.4 is 21.7 Å². The number of Topliss-reactive ketones (excluding diaryl/α,β-unsaturated/α-hetero) is 1. The van der Waals surface area contributed by atoms with Gasteiger partial charge in [-0.2, -0.15) is 0 Å². The number of hydrogen-bond acceptors (Lipinski definition) is 8. The number of aromatic nitrogens is 1. The average Bonchev–Trinajstić information content (AvgIpc) is 3.45. The van der Waals surface area contributed by atoms with Gasteiger partial charge in [0.15, 0.2) is 0 Å². The maximum atomic E-state index is 14.4. The van der Waals surface area contributed by atoms with E-state index in [0.29, 0.717) is 24.8 Å². The summed E-state index contributed by atoms with van der Waals surface area (Å²) in [5, 5.41) is 28.6. The van der Waals surface area contributed by atoms with Gasteiger partial charge in [-0.15, -0.1) is 0 Å². The second-order valence-corrected chi connectivity index (χ2v) is 17.1. The lowest BCUT2D eigenvalue weighted by Crippen LogP contribution is -2.61. The van der Waals surface area contributed by atoms with E-state index in [4.69, 9.17) is 5.73 Å². The molecule has 14 nitrogen and oxygen atoms in total. The number of nitrogens with zero attached hydrogens (tertiary/aromatic N) is 2. The summed E-state index contributed by atoms with van der Waals surface area (Å²) in [6.07, 6.45) is 4.19. The number of aliphatic carboxylic acids is 2. The summed E-state index contributed by atoms with van der Waals surface area (Å²) in [7, 11) is 5.08. The zero-order valence-corrected chi connectivity index (χ0v) is 35.5. The molecule has 0 radical (unpaired) electrons. The molecule has 0 saturated carbocycles. The number of fused-ring (bicyclic) bond motifs is 1. The van der Waals surface area contributed by atoms with E-state index in [2.05, 4.69) is 16.0 Å². The Labute approximate surface area is 336 Å². The molecule has 3 amide bonds. The lowest BCUT2D eigenvalue weighted by atomic mass is 9.76. The van der Waals surface area contributed by atoms with Crippen molar-refractivity contribution in [2.45, 2.75) is 123 Å². The Morgan fingerprint density at radius 1 is 0.965 bits per heavy atom. The lowest BCUT2D eigenvalue weighted by Gasteiger charge is -2.39. The van der Waals surface area contributed by atoms with Gasteiger partial charge in [0, 0.05) is 55.0 Å². The molecular weight excluding hydrogens is 735 g/mol. The van der Waals surface area contributed by atoms with Crippen molar-refractivity contribution in [3.63, 3.8) is 0 Å². The molecule has 0 spiro atoms. The molecular formula is C42H65FN6O8. The van der Waals surface area contributed by atoms with Gasteiger partial charge in [-0.3, -0.25) is 24.0 Å². The fourth-order valence-electron chi connectivity index (χ4n) is 7.22. The first-order valence-electron chi connectivity index (χ1n) is 19.5. The van der Waals surface area contributed by atoms with Gasteiger partial charge in [-0.05, 0) is 74.9 Å². The first-order valence-corrected chi connectivity index (χ1v) is 19.5. The molecule has 2 aromatic rings. The summed E-state index contributed by atoms with van der Waals surface area (Å²) in [5.41, 5.74) is 5.56.